The first-order valence-corrected chi connectivity index (χ1v) is 8.46. The average Bonchev–Trinajstić information content (AvgIpc) is 2.62. The molecule has 0 aliphatic rings. The molecule has 0 unspecified atom stereocenters. The van der Waals surface area contributed by atoms with Gasteiger partial charge in [-0.15, -0.1) is 0 Å². The normalized spacial score (nSPS) is 11.0. The Morgan fingerprint density at radius 1 is 0.962 bits per heavy atom. The number of aryl methyl sites for hydroxylation is 1. The lowest BCUT2D eigenvalue weighted by molar-refractivity contribution is 0.628. The molecule has 3 nitrogen and oxygen atoms in total. The zero-order valence-corrected chi connectivity index (χ0v) is 14.7. The number of rotatable bonds is 2. The lowest BCUT2D eigenvalue weighted by Gasteiger charge is -2.12. The van der Waals surface area contributed by atoms with Crippen LogP contribution in [0.4, 0.5) is 4.39 Å². The van der Waals surface area contributed by atoms with E-state index in [0.717, 1.165) is 11.1 Å². The van der Waals surface area contributed by atoms with Crippen molar-refractivity contribution < 1.29 is 4.39 Å². The van der Waals surface area contributed by atoms with Crippen molar-refractivity contribution in [2.75, 3.05) is 0 Å². The third kappa shape index (κ3) is 2.89. The standard InChI is InChI=1S/C21H14ClFN2O/c1-13-24-20-10-7-15(14-5-8-17(23)9-6-14)11-19(20)21(26)25(13)18-4-2-3-16(22)12-18/h2-12H,1H3. The summed E-state index contributed by atoms with van der Waals surface area (Å²) < 4.78 is 14.7. The molecule has 0 spiro atoms. The van der Waals surface area contributed by atoms with Crippen LogP contribution >= 0.6 is 11.6 Å². The van der Waals surface area contributed by atoms with Gasteiger partial charge in [0.2, 0.25) is 0 Å². The Balaban J connectivity index is 1.95. The first-order valence-electron chi connectivity index (χ1n) is 8.08. The van der Waals surface area contributed by atoms with Crippen LogP contribution in [-0.2, 0) is 0 Å². The molecule has 0 amide bonds. The summed E-state index contributed by atoms with van der Waals surface area (Å²) in [7, 11) is 0. The van der Waals surface area contributed by atoms with Gasteiger partial charge in [0.05, 0.1) is 16.6 Å². The lowest BCUT2D eigenvalue weighted by Crippen LogP contribution is -2.22. The van der Waals surface area contributed by atoms with Crippen molar-refractivity contribution >= 4 is 22.5 Å². The fourth-order valence-electron chi connectivity index (χ4n) is 3.04. The Morgan fingerprint density at radius 3 is 2.42 bits per heavy atom. The highest BCUT2D eigenvalue weighted by atomic mass is 35.5. The second-order valence-electron chi connectivity index (χ2n) is 6.02. The van der Waals surface area contributed by atoms with Crippen LogP contribution in [0.2, 0.25) is 5.02 Å². The molecule has 0 aliphatic carbocycles. The molecule has 0 saturated heterocycles. The van der Waals surface area contributed by atoms with Crippen molar-refractivity contribution in [2.45, 2.75) is 6.92 Å². The summed E-state index contributed by atoms with van der Waals surface area (Å²) in [6, 6.07) is 18.8. The Morgan fingerprint density at radius 2 is 1.69 bits per heavy atom. The van der Waals surface area contributed by atoms with E-state index in [0.29, 0.717) is 27.4 Å². The summed E-state index contributed by atoms with van der Waals surface area (Å²) in [6.07, 6.45) is 0. The fourth-order valence-corrected chi connectivity index (χ4v) is 3.22. The Hall–Kier alpha value is -2.98. The zero-order chi connectivity index (χ0) is 18.3. The summed E-state index contributed by atoms with van der Waals surface area (Å²) in [5.74, 6) is 0.287. The molecule has 0 atom stereocenters. The van der Waals surface area contributed by atoms with Gasteiger partial charge >= 0.3 is 0 Å². The maximum atomic E-state index is 13.2. The van der Waals surface area contributed by atoms with Crippen LogP contribution in [0.3, 0.4) is 0 Å². The molecular formula is C21H14ClFN2O. The second kappa shape index (κ2) is 6.39. The monoisotopic (exact) mass is 364 g/mol. The topological polar surface area (TPSA) is 34.9 Å². The molecule has 4 rings (SSSR count). The molecule has 5 heteroatoms. The third-order valence-corrected chi connectivity index (χ3v) is 4.51. The summed E-state index contributed by atoms with van der Waals surface area (Å²) in [5.41, 5.74) is 2.79. The SMILES string of the molecule is Cc1nc2ccc(-c3ccc(F)cc3)cc2c(=O)n1-c1cccc(Cl)c1. The van der Waals surface area contributed by atoms with Gasteiger partial charge in [-0.25, -0.2) is 9.37 Å². The van der Waals surface area contributed by atoms with Gasteiger partial charge in [-0.05, 0) is 60.5 Å². The van der Waals surface area contributed by atoms with Gasteiger partial charge in [0, 0.05) is 5.02 Å². The molecule has 3 aromatic carbocycles. The van der Waals surface area contributed by atoms with Gasteiger partial charge in [0.25, 0.3) is 5.56 Å². The van der Waals surface area contributed by atoms with Crippen LogP contribution in [0.15, 0.2) is 71.5 Å². The Kier molecular flexibility index (Phi) is 4.05. The summed E-state index contributed by atoms with van der Waals surface area (Å²) in [6.45, 7) is 1.79. The minimum Gasteiger partial charge on any atom is -0.268 e. The van der Waals surface area contributed by atoms with Gasteiger partial charge in [-0.1, -0.05) is 35.9 Å². The number of nitrogens with zero attached hydrogens (tertiary/aromatic N) is 2. The largest absolute Gasteiger partial charge is 0.268 e. The first kappa shape index (κ1) is 16.5. The van der Waals surface area contributed by atoms with E-state index in [9.17, 15) is 9.18 Å². The van der Waals surface area contributed by atoms with E-state index >= 15 is 0 Å². The fraction of sp³-hybridized carbons (Fsp3) is 0.0476. The van der Waals surface area contributed by atoms with E-state index in [1.807, 2.05) is 18.2 Å². The molecule has 0 saturated carbocycles. The second-order valence-corrected chi connectivity index (χ2v) is 6.45. The summed E-state index contributed by atoms with van der Waals surface area (Å²) >= 11 is 6.07. The van der Waals surface area contributed by atoms with Crippen molar-refractivity contribution in [1.29, 1.82) is 0 Å². The molecule has 0 bridgehead atoms. The number of fused-ring (bicyclic) bond motifs is 1. The number of halogens is 2. The minimum absolute atomic E-state index is 0.168. The molecule has 1 heterocycles. The van der Waals surface area contributed by atoms with Crippen LogP contribution in [0, 0.1) is 12.7 Å². The van der Waals surface area contributed by atoms with Crippen molar-refractivity contribution in [1.82, 2.24) is 9.55 Å². The van der Waals surface area contributed by atoms with Crippen LogP contribution in [0.25, 0.3) is 27.7 Å². The van der Waals surface area contributed by atoms with E-state index in [-0.39, 0.29) is 11.4 Å². The van der Waals surface area contributed by atoms with Gasteiger partial charge in [-0.2, -0.15) is 0 Å². The highest BCUT2D eigenvalue weighted by Crippen LogP contribution is 2.23. The maximum Gasteiger partial charge on any atom is 0.265 e. The van der Waals surface area contributed by atoms with Crippen molar-refractivity contribution in [2.24, 2.45) is 0 Å². The number of hydrogen-bond donors (Lipinski definition) is 0. The van der Waals surface area contributed by atoms with E-state index in [1.54, 1.807) is 47.9 Å². The van der Waals surface area contributed by atoms with E-state index in [2.05, 4.69) is 4.98 Å². The van der Waals surface area contributed by atoms with Crippen LogP contribution in [0.5, 0.6) is 0 Å². The van der Waals surface area contributed by atoms with Gasteiger partial charge in [0.15, 0.2) is 0 Å². The van der Waals surface area contributed by atoms with Crippen molar-refractivity contribution in [3.63, 3.8) is 0 Å². The van der Waals surface area contributed by atoms with Crippen molar-refractivity contribution in [3.05, 3.63) is 93.7 Å². The third-order valence-electron chi connectivity index (χ3n) is 4.28. The molecule has 0 aliphatic heterocycles. The number of hydrogen-bond acceptors (Lipinski definition) is 2. The van der Waals surface area contributed by atoms with Crippen molar-refractivity contribution in [3.8, 4) is 16.8 Å². The molecule has 4 aromatic rings. The summed E-state index contributed by atoms with van der Waals surface area (Å²) in [4.78, 5) is 17.7. The lowest BCUT2D eigenvalue weighted by atomic mass is 10.0. The quantitative estimate of drug-likeness (QED) is 0.493. The molecule has 0 N–H and O–H groups in total. The highest BCUT2D eigenvalue weighted by molar-refractivity contribution is 6.30. The first-order chi connectivity index (χ1) is 12.5. The predicted molar refractivity (Wildman–Crippen MR) is 102 cm³/mol. The molecule has 26 heavy (non-hydrogen) atoms. The Bertz CT molecular complexity index is 1180. The molecule has 1 aromatic heterocycles. The van der Waals surface area contributed by atoms with E-state index < -0.39 is 0 Å². The van der Waals surface area contributed by atoms with Crippen LogP contribution in [-0.4, -0.2) is 9.55 Å². The van der Waals surface area contributed by atoms with E-state index in [1.165, 1.54) is 12.1 Å². The highest BCUT2D eigenvalue weighted by Gasteiger charge is 2.11. The average molecular weight is 365 g/mol. The van der Waals surface area contributed by atoms with Crippen LogP contribution in [0.1, 0.15) is 5.82 Å². The zero-order valence-electron chi connectivity index (χ0n) is 13.9. The number of aromatic nitrogens is 2. The molecular weight excluding hydrogens is 351 g/mol. The van der Waals surface area contributed by atoms with Gasteiger partial charge < -0.3 is 0 Å². The van der Waals surface area contributed by atoms with Gasteiger partial charge in [0.1, 0.15) is 11.6 Å². The van der Waals surface area contributed by atoms with Crippen LogP contribution < -0.4 is 5.56 Å². The van der Waals surface area contributed by atoms with E-state index in [4.69, 9.17) is 11.6 Å². The number of benzene rings is 3. The summed E-state index contributed by atoms with van der Waals surface area (Å²) in [5, 5.41) is 1.05. The molecule has 128 valence electrons. The smallest absolute Gasteiger partial charge is 0.265 e. The minimum atomic E-state index is -0.296. The maximum absolute atomic E-state index is 13.2. The Labute approximate surface area is 154 Å². The molecule has 0 radical (unpaired) electrons. The molecule has 0 fully saturated rings. The predicted octanol–water partition coefficient (Wildman–Crippen LogP) is 5.15. The van der Waals surface area contributed by atoms with Gasteiger partial charge in [-0.3, -0.25) is 9.36 Å².